The number of rotatable bonds is 4. The average Bonchev–Trinajstić information content (AvgIpc) is 2.72. The van der Waals surface area contributed by atoms with Gasteiger partial charge in [0, 0.05) is 27.1 Å². The Balaban J connectivity index is 1.79. The first-order valence-electron chi connectivity index (χ1n) is 9.53. The molecule has 2 N–H and O–H groups in total. The summed E-state index contributed by atoms with van der Waals surface area (Å²) < 4.78 is 57.3. The van der Waals surface area contributed by atoms with Crippen LogP contribution in [0.2, 0.25) is 10.0 Å². The molecule has 166 valence electrons. The van der Waals surface area contributed by atoms with E-state index in [0.29, 0.717) is 15.6 Å². The monoisotopic (exact) mass is 495 g/mol. The summed E-state index contributed by atoms with van der Waals surface area (Å²) >= 11 is 12.3. The molecule has 0 aromatic heterocycles. The SMILES string of the molecule is C[C@H](c1ccccc1F)c1c(F)ccc2c1NC(=NCc1c(Cl)cccc1Cl)NS2(=O)=O. The molecule has 4 rings (SSSR count). The largest absolute Gasteiger partial charge is 0.324 e. The maximum atomic E-state index is 14.9. The summed E-state index contributed by atoms with van der Waals surface area (Å²) in [5, 5.41) is 3.60. The lowest BCUT2D eigenvalue weighted by atomic mass is 9.91. The fraction of sp³-hybridized carbons (Fsp3) is 0.136. The van der Waals surface area contributed by atoms with Crippen molar-refractivity contribution in [2.45, 2.75) is 24.3 Å². The second-order valence-electron chi connectivity index (χ2n) is 7.17. The third-order valence-corrected chi connectivity index (χ3v) is 7.27. The van der Waals surface area contributed by atoms with Gasteiger partial charge in [0.2, 0.25) is 5.96 Å². The molecule has 0 saturated carbocycles. The number of anilines is 1. The number of halogens is 4. The zero-order valence-electron chi connectivity index (χ0n) is 16.7. The van der Waals surface area contributed by atoms with E-state index in [1.165, 1.54) is 18.2 Å². The maximum Gasteiger partial charge on any atom is 0.266 e. The first-order valence-corrected chi connectivity index (χ1v) is 11.8. The van der Waals surface area contributed by atoms with E-state index in [2.05, 4.69) is 15.0 Å². The summed E-state index contributed by atoms with van der Waals surface area (Å²) in [5.74, 6) is -2.08. The van der Waals surface area contributed by atoms with E-state index in [1.54, 1.807) is 31.2 Å². The van der Waals surface area contributed by atoms with Crippen LogP contribution in [-0.2, 0) is 16.6 Å². The van der Waals surface area contributed by atoms with Crippen LogP contribution in [0, 0.1) is 11.6 Å². The number of hydrogen-bond acceptors (Lipinski definition) is 3. The van der Waals surface area contributed by atoms with Crippen molar-refractivity contribution < 1.29 is 17.2 Å². The number of fused-ring (bicyclic) bond motifs is 1. The summed E-state index contributed by atoms with van der Waals surface area (Å²) in [5.41, 5.74) is 0.762. The number of benzene rings is 3. The lowest BCUT2D eigenvalue weighted by molar-refractivity contribution is 0.577. The average molecular weight is 496 g/mol. The molecule has 0 aliphatic carbocycles. The molecule has 1 aliphatic rings. The minimum Gasteiger partial charge on any atom is -0.324 e. The first kappa shape index (κ1) is 22.5. The lowest BCUT2D eigenvalue weighted by Gasteiger charge is -2.26. The van der Waals surface area contributed by atoms with E-state index in [4.69, 9.17) is 23.2 Å². The fourth-order valence-electron chi connectivity index (χ4n) is 3.57. The van der Waals surface area contributed by atoms with Crippen molar-refractivity contribution in [2.24, 2.45) is 4.99 Å². The molecule has 1 aliphatic heterocycles. The van der Waals surface area contributed by atoms with Crippen molar-refractivity contribution in [2.75, 3.05) is 5.32 Å². The van der Waals surface area contributed by atoms with Gasteiger partial charge in [0.25, 0.3) is 10.0 Å². The van der Waals surface area contributed by atoms with Crippen molar-refractivity contribution in [3.63, 3.8) is 0 Å². The highest BCUT2D eigenvalue weighted by atomic mass is 35.5. The Morgan fingerprint density at radius 1 is 0.969 bits per heavy atom. The van der Waals surface area contributed by atoms with E-state index >= 15 is 0 Å². The minimum absolute atomic E-state index is 0.00325. The number of nitrogens with one attached hydrogen (secondary N) is 2. The van der Waals surface area contributed by atoms with Gasteiger partial charge in [-0.15, -0.1) is 0 Å². The van der Waals surface area contributed by atoms with Crippen LogP contribution in [0.1, 0.15) is 29.5 Å². The van der Waals surface area contributed by atoms with Gasteiger partial charge >= 0.3 is 0 Å². The molecule has 0 radical (unpaired) electrons. The second kappa shape index (κ2) is 8.69. The molecule has 3 aromatic carbocycles. The third kappa shape index (κ3) is 4.18. The van der Waals surface area contributed by atoms with Crippen molar-refractivity contribution in [1.29, 1.82) is 0 Å². The Bertz CT molecular complexity index is 1330. The van der Waals surface area contributed by atoms with Gasteiger partial charge in [0.05, 0.1) is 12.2 Å². The van der Waals surface area contributed by atoms with Crippen LogP contribution in [-0.4, -0.2) is 14.4 Å². The molecule has 0 saturated heterocycles. The van der Waals surface area contributed by atoms with Crippen LogP contribution in [0.15, 0.2) is 64.5 Å². The van der Waals surface area contributed by atoms with Crippen LogP contribution in [0.3, 0.4) is 0 Å². The lowest BCUT2D eigenvalue weighted by Crippen LogP contribution is -2.41. The number of guanidine groups is 1. The Morgan fingerprint density at radius 2 is 1.66 bits per heavy atom. The molecule has 10 heteroatoms. The standard InChI is InChI=1S/C22H17Cl2F2N3O2S/c1-12(13-5-2-3-8-17(13)25)20-18(26)9-10-19-21(20)28-22(29-32(19,30)31)27-11-14-15(23)6-4-7-16(14)24/h2-10,12H,11H2,1H3,(H2,27,28,29)/t12-/m1/s1. The topological polar surface area (TPSA) is 70.6 Å². The molecule has 1 atom stereocenters. The third-order valence-electron chi connectivity index (χ3n) is 5.18. The van der Waals surface area contributed by atoms with Gasteiger partial charge in [-0.1, -0.05) is 54.4 Å². The van der Waals surface area contributed by atoms with Gasteiger partial charge in [-0.25, -0.2) is 26.9 Å². The highest BCUT2D eigenvalue weighted by molar-refractivity contribution is 7.90. The second-order valence-corrected chi connectivity index (χ2v) is 9.64. The molecular weight excluding hydrogens is 479 g/mol. The smallest absolute Gasteiger partial charge is 0.266 e. The van der Waals surface area contributed by atoms with Crippen molar-refractivity contribution in [3.05, 3.63) is 93.0 Å². The van der Waals surface area contributed by atoms with Gasteiger partial charge in [-0.2, -0.15) is 0 Å². The van der Waals surface area contributed by atoms with E-state index in [1.807, 2.05) is 0 Å². The number of hydrogen-bond donors (Lipinski definition) is 2. The highest BCUT2D eigenvalue weighted by Gasteiger charge is 2.32. The van der Waals surface area contributed by atoms with Gasteiger partial charge in [-0.05, 0) is 35.9 Å². The van der Waals surface area contributed by atoms with Gasteiger partial charge in [0.1, 0.15) is 16.5 Å². The van der Waals surface area contributed by atoms with Gasteiger partial charge < -0.3 is 5.32 Å². The zero-order chi connectivity index (χ0) is 23.0. The molecule has 1 heterocycles. The number of nitrogens with zero attached hydrogens (tertiary/aromatic N) is 1. The maximum absolute atomic E-state index is 14.9. The summed E-state index contributed by atoms with van der Waals surface area (Å²) in [6.07, 6.45) is 0. The Kier molecular flexibility index (Phi) is 6.11. The van der Waals surface area contributed by atoms with Gasteiger partial charge in [0.15, 0.2) is 0 Å². The van der Waals surface area contributed by atoms with E-state index in [-0.39, 0.29) is 34.2 Å². The molecular formula is C22H17Cl2F2N3O2S. The van der Waals surface area contributed by atoms with Crippen LogP contribution in [0.25, 0.3) is 0 Å². The Labute approximate surface area is 194 Å². The predicted molar refractivity (Wildman–Crippen MR) is 122 cm³/mol. The first-order chi connectivity index (χ1) is 15.2. The summed E-state index contributed by atoms with van der Waals surface area (Å²) in [6, 6.07) is 13.1. The van der Waals surface area contributed by atoms with Crippen LogP contribution in [0.5, 0.6) is 0 Å². The molecule has 0 unspecified atom stereocenters. The summed E-state index contributed by atoms with van der Waals surface area (Å²) in [6.45, 7) is 1.58. The quantitative estimate of drug-likeness (QED) is 0.488. The molecule has 0 fully saturated rings. The summed E-state index contributed by atoms with van der Waals surface area (Å²) in [7, 11) is -4.05. The molecule has 32 heavy (non-hydrogen) atoms. The van der Waals surface area contributed by atoms with E-state index in [0.717, 1.165) is 12.1 Å². The number of sulfonamides is 1. The number of aliphatic imine (C=N–C) groups is 1. The Hall–Kier alpha value is -2.68. The van der Waals surface area contributed by atoms with Crippen LogP contribution in [0.4, 0.5) is 14.5 Å². The fourth-order valence-corrected chi connectivity index (χ4v) is 5.25. The summed E-state index contributed by atoms with van der Waals surface area (Å²) in [4.78, 5) is 4.08. The van der Waals surface area contributed by atoms with Crippen molar-refractivity contribution >= 4 is 44.9 Å². The molecule has 0 amide bonds. The van der Waals surface area contributed by atoms with Crippen molar-refractivity contribution in [1.82, 2.24) is 4.72 Å². The van der Waals surface area contributed by atoms with E-state index < -0.39 is 27.6 Å². The van der Waals surface area contributed by atoms with Crippen molar-refractivity contribution in [3.8, 4) is 0 Å². The Morgan fingerprint density at radius 3 is 2.34 bits per heavy atom. The molecule has 0 spiro atoms. The zero-order valence-corrected chi connectivity index (χ0v) is 19.0. The molecule has 5 nitrogen and oxygen atoms in total. The molecule has 0 bridgehead atoms. The molecule has 3 aromatic rings. The van der Waals surface area contributed by atoms with Gasteiger partial charge in [-0.3, -0.25) is 0 Å². The normalized spacial score (nSPS) is 16.7. The van der Waals surface area contributed by atoms with E-state index in [9.17, 15) is 17.2 Å². The van der Waals surface area contributed by atoms with Crippen LogP contribution < -0.4 is 10.0 Å². The highest BCUT2D eigenvalue weighted by Crippen LogP contribution is 2.38. The van der Waals surface area contributed by atoms with Crippen LogP contribution >= 0.6 is 23.2 Å². The minimum atomic E-state index is -4.05. The predicted octanol–water partition coefficient (Wildman–Crippen LogP) is 5.68.